The highest BCUT2D eigenvalue weighted by Crippen LogP contribution is 2.60. The van der Waals surface area contributed by atoms with Gasteiger partial charge in [-0.25, -0.2) is 14.8 Å². The third-order valence-corrected chi connectivity index (χ3v) is 7.67. The predicted octanol–water partition coefficient (Wildman–Crippen LogP) is 2.80. The van der Waals surface area contributed by atoms with E-state index in [2.05, 4.69) is 15.3 Å². The molecule has 0 spiro atoms. The summed E-state index contributed by atoms with van der Waals surface area (Å²) in [6.45, 7) is 0.736. The van der Waals surface area contributed by atoms with Crippen LogP contribution in [0.1, 0.15) is 44.2 Å². The lowest BCUT2D eigenvalue weighted by molar-refractivity contribution is -0.161. The van der Waals surface area contributed by atoms with Gasteiger partial charge >= 0.3 is 12.3 Å². The number of amides is 2. The van der Waals surface area contributed by atoms with E-state index in [1.807, 2.05) is 0 Å². The number of aromatic nitrogens is 2. The molecule has 1 aromatic rings. The van der Waals surface area contributed by atoms with Crippen LogP contribution in [0, 0.1) is 23.2 Å². The van der Waals surface area contributed by atoms with Crippen LogP contribution in [0.25, 0.3) is 0 Å². The van der Waals surface area contributed by atoms with Crippen molar-refractivity contribution in [1.82, 2.24) is 14.9 Å². The van der Waals surface area contributed by atoms with Gasteiger partial charge in [-0.15, -0.1) is 0 Å². The molecule has 2 heterocycles. The average Bonchev–Trinajstić information content (AvgIpc) is 3.18. The number of rotatable bonds is 4. The number of nitrogens with one attached hydrogen (secondary N) is 1. The Hall–Kier alpha value is -2.59. The summed E-state index contributed by atoms with van der Waals surface area (Å²) in [7, 11) is 0. The standard InChI is InChI=1S/C21H26F3N5O3/c22-21(23,24)15-1-3-26-18(28-15)27-14-2-4-29(10-14)19(31)32-16-12-5-11-6-13(16)9-20(7-11,8-12)17(25)30/h1,3,11-14,16H,2,4-10H2,(H2,25,30)(H,26,27,28)/t11?,12?,13?,14-,16?,20?/m1/s1. The van der Waals surface area contributed by atoms with E-state index in [1.165, 1.54) is 0 Å². The number of ether oxygens (including phenoxy) is 1. The Morgan fingerprint density at radius 3 is 2.59 bits per heavy atom. The van der Waals surface area contributed by atoms with Crippen molar-refractivity contribution in [1.29, 1.82) is 0 Å². The molecule has 4 aliphatic carbocycles. The Balaban J connectivity index is 1.18. The molecule has 32 heavy (non-hydrogen) atoms. The van der Waals surface area contributed by atoms with Crippen molar-refractivity contribution in [2.45, 2.75) is 56.8 Å². The summed E-state index contributed by atoms with van der Waals surface area (Å²) < 4.78 is 44.5. The highest BCUT2D eigenvalue weighted by atomic mass is 19.4. The zero-order chi connectivity index (χ0) is 22.7. The maximum Gasteiger partial charge on any atom is 0.433 e. The molecular formula is C21H26F3N5O3. The summed E-state index contributed by atoms with van der Waals surface area (Å²) in [4.78, 5) is 33.9. The van der Waals surface area contributed by atoms with Crippen LogP contribution in [0.3, 0.4) is 0 Å². The number of carbonyl (C=O) groups excluding carboxylic acids is 2. The predicted molar refractivity (Wildman–Crippen MR) is 106 cm³/mol. The molecule has 4 bridgehead atoms. The molecule has 5 aliphatic rings. The zero-order valence-corrected chi connectivity index (χ0v) is 17.5. The van der Waals surface area contributed by atoms with Gasteiger partial charge in [0.2, 0.25) is 11.9 Å². The van der Waals surface area contributed by atoms with Gasteiger partial charge < -0.3 is 20.7 Å². The number of hydrogen-bond acceptors (Lipinski definition) is 6. The minimum Gasteiger partial charge on any atom is -0.446 e. The van der Waals surface area contributed by atoms with Crippen LogP contribution in [0.5, 0.6) is 0 Å². The van der Waals surface area contributed by atoms with Gasteiger partial charge in [0.1, 0.15) is 11.8 Å². The largest absolute Gasteiger partial charge is 0.446 e. The molecule has 11 heteroatoms. The first-order chi connectivity index (χ1) is 15.1. The topological polar surface area (TPSA) is 110 Å². The first-order valence-electron chi connectivity index (χ1n) is 11.1. The van der Waals surface area contributed by atoms with E-state index >= 15 is 0 Å². The van der Waals surface area contributed by atoms with Crippen molar-refractivity contribution in [3.8, 4) is 0 Å². The number of likely N-dealkylation sites (tertiary alicyclic amines) is 1. The van der Waals surface area contributed by atoms with Gasteiger partial charge in [0.05, 0.1) is 5.41 Å². The average molecular weight is 453 g/mol. The molecule has 1 aromatic heterocycles. The molecule has 0 radical (unpaired) electrons. The highest BCUT2D eigenvalue weighted by molar-refractivity contribution is 5.81. The van der Waals surface area contributed by atoms with E-state index in [9.17, 15) is 22.8 Å². The summed E-state index contributed by atoms with van der Waals surface area (Å²) in [6.07, 6.45) is 0.596. The lowest BCUT2D eigenvalue weighted by atomic mass is 9.48. The summed E-state index contributed by atoms with van der Waals surface area (Å²) in [5.41, 5.74) is 4.26. The molecule has 2 unspecified atom stereocenters. The first-order valence-corrected chi connectivity index (χ1v) is 11.1. The molecule has 1 saturated heterocycles. The van der Waals surface area contributed by atoms with Crippen molar-refractivity contribution < 1.29 is 27.5 Å². The van der Waals surface area contributed by atoms with E-state index in [0.717, 1.165) is 31.5 Å². The monoisotopic (exact) mass is 453 g/mol. The summed E-state index contributed by atoms with van der Waals surface area (Å²) in [5, 5.41) is 2.89. The Labute approximate surface area is 183 Å². The summed E-state index contributed by atoms with van der Waals surface area (Å²) >= 11 is 0. The van der Waals surface area contributed by atoms with Gasteiger partial charge in [0.25, 0.3) is 0 Å². The van der Waals surface area contributed by atoms with Crippen molar-refractivity contribution in [2.24, 2.45) is 28.9 Å². The van der Waals surface area contributed by atoms with Crippen molar-refractivity contribution >= 4 is 17.9 Å². The third-order valence-electron chi connectivity index (χ3n) is 7.67. The minimum absolute atomic E-state index is 0.113. The Kier molecular flexibility index (Phi) is 4.97. The van der Waals surface area contributed by atoms with E-state index < -0.39 is 23.4 Å². The molecule has 1 aliphatic heterocycles. The molecular weight excluding hydrogens is 427 g/mol. The number of nitrogens with zero attached hydrogens (tertiary/aromatic N) is 3. The van der Waals surface area contributed by atoms with Crippen LogP contribution in [-0.2, 0) is 15.7 Å². The zero-order valence-electron chi connectivity index (χ0n) is 17.5. The van der Waals surface area contributed by atoms with Crippen molar-refractivity contribution in [3.05, 3.63) is 18.0 Å². The lowest BCUT2D eigenvalue weighted by Crippen LogP contribution is -2.59. The number of halogens is 3. The van der Waals surface area contributed by atoms with Gasteiger partial charge in [0.15, 0.2) is 0 Å². The van der Waals surface area contributed by atoms with E-state index in [1.54, 1.807) is 4.90 Å². The van der Waals surface area contributed by atoms with Gasteiger partial charge in [-0.3, -0.25) is 4.79 Å². The molecule has 0 aromatic carbocycles. The maximum atomic E-state index is 12.9. The number of nitrogens with two attached hydrogens (primary N) is 1. The fourth-order valence-electron chi connectivity index (χ4n) is 6.48. The highest BCUT2D eigenvalue weighted by Gasteiger charge is 2.59. The summed E-state index contributed by atoms with van der Waals surface area (Å²) in [5.74, 6) is 0.452. The van der Waals surface area contributed by atoms with Crippen LogP contribution in [-0.4, -0.2) is 52.1 Å². The van der Waals surface area contributed by atoms with Crippen LogP contribution in [0.15, 0.2) is 12.3 Å². The van der Waals surface area contributed by atoms with Gasteiger partial charge in [-0.1, -0.05) is 0 Å². The first kappa shape index (κ1) is 21.3. The third kappa shape index (κ3) is 3.75. The van der Waals surface area contributed by atoms with Crippen LogP contribution in [0.2, 0.25) is 0 Å². The van der Waals surface area contributed by atoms with Crippen molar-refractivity contribution in [2.75, 3.05) is 18.4 Å². The second-order valence-corrected chi connectivity index (χ2v) is 9.80. The number of primary amides is 1. The molecule has 2 amide bonds. The van der Waals surface area contributed by atoms with Gasteiger partial charge in [-0.2, -0.15) is 13.2 Å². The number of anilines is 1. The van der Waals surface area contributed by atoms with E-state index in [0.29, 0.717) is 38.3 Å². The van der Waals surface area contributed by atoms with Crippen LogP contribution in [0.4, 0.5) is 23.9 Å². The van der Waals surface area contributed by atoms with Gasteiger partial charge in [-0.05, 0) is 62.3 Å². The minimum atomic E-state index is -4.55. The number of carbonyl (C=O) groups is 2. The Bertz CT molecular complexity index is 910. The number of hydrogen-bond donors (Lipinski definition) is 2. The molecule has 174 valence electrons. The molecule has 3 N–H and O–H groups in total. The second-order valence-electron chi connectivity index (χ2n) is 9.80. The fraction of sp³-hybridized carbons (Fsp3) is 0.714. The second kappa shape index (κ2) is 7.48. The Morgan fingerprint density at radius 2 is 1.94 bits per heavy atom. The molecule has 3 atom stereocenters. The van der Waals surface area contributed by atoms with Crippen molar-refractivity contribution in [3.63, 3.8) is 0 Å². The van der Waals surface area contributed by atoms with Gasteiger partial charge in [0, 0.05) is 25.3 Å². The Morgan fingerprint density at radius 1 is 1.22 bits per heavy atom. The van der Waals surface area contributed by atoms with E-state index in [-0.39, 0.29) is 35.8 Å². The van der Waals surface area contributed by atoms with Crippen LogP contribution >= 0.6 is 0 Å². The van der Waals surface area contributed by atoms with E-state index in [4.69, 9.17) is 10.5 Å². The summed E-state index contributed by atoms with van der Waals surface area (Å²) in [6, 6.07) is 0.555. The normalized spacial score (nSPS) is 35.7. The molecule has 5 fully saturated rings. The lowest BCUT2D eigenvalue weighted by Gasteiger charge is -2.58. The fourth-order valence-corrected chi connectivity index (χ4v) is 6.48. The molecule has 8 nitrogen and oxygen atoms in total. The van der Waals surface area contributed by atoms with Crippen LogP contribution < -0.4 is 11.1 Å². The quantitative estimate of drug-likeness (QED) is 0.726. The SMILES string of the molecule is NC(=O)C12CC3CC(C1)C(OC(=O)N1CC[C@@H](Nc4nccc(C(F)(F)F)n4)C1)C(C3)C2. The molecule has 6 rings (SSSR count). The number of alkyl halides is 3. The smallest absolute Gasteiger partial charge is 0.433 e. The molecule has 4 saturated carbocycles. The maximum absolute atomic E-state index is 12.9.